The molecule has 3 unspecified atom stereocenters. The molecule has 0 aromatic carbocycles. The van der Waals surface area contributed by atoms with Crippen molar-refractivity contribution in [3.05, 3.63) is 0 Å². The van der Waals surface area contributed by atoms with Crippen LogP contribution in [0.25, 0.3) is 0 Å². The minimum Gasteiger partial charge on any atom is -0.356 e. The van der Waals surface area contributed by atoms with Crippen molar-refractivity contribution >= 4 is 45.2 Å². The molecule has 4 amide bonds. The number of nitrogens with one attached hydrogen (secondary N) is 4. The first-order chi connectivity index (χ1) is 19.3. The number of rotatable bonds is 21. The van der Waals surface area contributed by atoms with Crippen LogP contribution < -0.4 is 21.3 Å². The highest BCUT2D eigenvalue weighted by Crippen LogP contribution is 2.41. The zero-order chi connectivity index (χ0) is 32.6. The number of nitrogens with zero attached hydrogens (tertiary/aromatic N) is 1. The van der Waals surface area contributed by atoms with Crippen LogP contribution in [-0.2, 0) is 19.2 Å². The number of hydrogen-bond acceptors (Lipinski definition) is 7. The Labute approximate surface area is 264 Å². The Hall–Kier alpha value is -1.46. The van der Waals surface area contributed by atoms with Gasteiger partial charge in [0.05, 0.1) is 0 Å². The fraction of sp³-hybridized carbons (Fsp3) is 0.871. The van der Waals surface area contributed by atoms with Gasteiger partial charge in [-0.25, -0.2) is 0 Å². The number of carbonyl (C=O) groups excluding carboxylic acids is 4. The summed E-state index contributed by atoms with van der Waals surface area (Å²) < 4.78 is 0. The van der Waals surface area contributed by atoms with Gasteiger partial charge in [-0.2, -0.15) is 0 Å². The zero-order valence-corrected chi connectivity index (χ0v) is 30.0. The third kappa shape index (κ3) is 17.6. The van der Waals surface area contributed by atoms with Crippen molar-refractivity contribution in [1.29, 1.82) is 0 Å². The largest absolute Gasteiger partial charge is 0.356 e. The highest BCUT2D eigenvalue weighted by molar-refractivity contribution is 8.76. The van der Waals surface area contributed by atoms with Crippen molar-refractivity contribution in [3.8, 4) is 0 Å². The Kier molecular flexibility index (Phi) is 19.1. The van der Waals surface area contributed by atoms with Crippen molar-refractivity contribution in [2.75, 3.05) is 51.8 Å². The van der Waals surface area contributed by atoms with E-state index in [2.05, 4.69) is 26.2 Å². The topological polar surface area (TPSA) is 120 Å². The van der Waals surface area contributed by atoms with Gasteiger partial charge in [0.1, 0.15) is 0 Å². The van der Waals surface area contributed by atoms with Gasteiger partial charge in [-0.1, -0.05) is 70.1 Å². The van der Waals surface area contributed by atoms with Gasteiger partial charge in [0.15, 0.2) is 0 Å². The van der Waals surface area contributed by atoms with E-state index in [0.717, 1.165) is 24.5 Å². The van der Waals surface area contributed by atoms with Gasteiger partial charge in [0.2, 0.25) is 23.6 Å². The van der Waals surface area contributed by atoms with Gasteiger partial charge in [-0.05, 0) is 65.6 Å². The molecule has 0 radical (unpaired) electrons. The van der Waals surface area contributed by atoms with Crippen LogP contribution in [0.2, 0.25) is 0 Å². The Balaban J connectivity index is 5.11. The summed E-state index contributed by atoms with van der Waals surface area (Å²) in [7, 11) is 7.33. The first-order valence-electron chi connectivity index (χ1n) is 15.4. The molecule has 0 rings (SSSR count). The van der Waals surface area contributed by atoms with Gasteiger partial charge in [-0.3, -0.25) is 19.2 Å². The lowest BCUT2D eigenvalue weighted by atomic mass is 9.67. The molecule has 11 heteroatoms. The highest BCUT2D eigenvalue weighted by atomic mass is 33.1. The Morgan fingerprint density at radius 2 is 1.31 bits per heavy atom. The Morgan fingerprint density at radius 1 is 0.786 bits per heavy atom. The van der Waals surface area contributed by atoms with Gasteiger partial charge in [0, 0.05) is 60.4 Å². The second-order valence-electron chi connectivity index (χ2n) is 13.8. The molecule has 42 heavy (non-hydrogen) atoms. The standard InChI is InChI=1S/C31H61N5O4S2/c1-12-30(8,27(39)34-16-19-42-41-18-15-32-25(37)21-29(5,6)7)22-31(9,20-24(4)26(38)35-23(2)3)28(40)33-14-13-17-36(10)11/h23-24H,12-22H2,1-11H3,(H,32,37)(H,33,40)(H,34,39)(H,35,38). The molecule has 4 N–H and O–H groups in total. The summed E-state index contributed by atoms with van der Waals surface area (Å²) in [6.07, 6.45) is 2.60. The van der Waals surface area contributed by atoms with E-state index in [4.69, 9.17) is 0 Å². The van der Waals surface area contributed by atoms with E-state index in [0.29, 0.717) is 45.3 Å². The van der Waals surface area contributed by atoms with E-state index >= 15 is 0 Å². The lowest BCUT2D eigenvalue weighted by Gasteiger charge is -2.38. The van der Waals surface area contributed by atoms with Gasteiger partial charge >= 0.3 is 0 Å². The molecule has 0 heterocycles. The lowest BCUT2D eigenvalue weighted by molar-refractivity contribution is -0.139. The minimum absolute atomic E-state index is 0.0148. The van der Waals surface area contributed by atoms with Crippen LogP contribution in [0.3, 0.4) is 0 Å². The van der Waals surface area contributed by atoms with Crippen LogP contribution in [0, 0.1) is 22.2 Å². The number of hydrogen-bond donors (Lipinski definition) is 4. The quantitative estimate of drug-likeness (QED) is 0.109. The molecular formula is C31H61N5O4S2. The van der Waals surface area contributed by atoms with Gasteiger partial charge < -0.3 is 26.2 Å². The van der Waals surface area contributed by atoms with Crippen LogP contribution >= 0.6 is 21.6 Å². The molecule has 9 nitrogen and oxygen atoms in total. The molecule has 0 aromatic heterocycles. The average Bonchev–Trinajstić information content (AvgIpc) is 2.85. The van der Waals surface area contributed by atoms with Crippen LogP contribution in [0.15, 0.2) is 0 Å². The third-order valence-electron chi connectivity index (χ3n) is 7.11. The first kappa shape index (κ1) is 40.5. The number of amides is 4. The van der Waals surface area contributed by atoms with Crippen molar-refractivity contribution in [2.24, 2.45) is 22.2 Å². The molecule has 0 saturated heterocycles. The maximum Gasteiger partial charge on any atom is 0.225 e. The van der Waals surface area contributed by atoms with Gasteiger partial charge in [0.25, 0.3) is 0 Å². The van der Waals surface area contributed by atoms with E-state index in [9.17, 15) is 19.2 Å². The summed E-state index contributed by atoms with van der Waals surface area (Å²) in [5, 5.41) is 12.1. The summed E-state index contributed by atoms with van der Waals surface area (Å²) in [5.41, 5.74) is -1.68. The molecule has 0 aliphatic heterocycles. The molecular weight excluding hydrogens is 571 g/mol. The van der Waals surface area contributed by atoms with Crippen molar-refractivity contribution < 1.29 is 19.2 Å². The monoisotopic (exact) mass is 631 g/mol. The van der Waals surface area contributed by atoms with Crippen LogP contribution in [0.4, 0.5) is 0 Å². The maximum absolute atomic E-state index is 13.6. The van der Waals surface area contributed by atoms with E-state index in [1.165, 1.54) is 0 Å². The molecule has 0 bridgehead atoms. The lowest BCUT2D eigenvalue weighted by Crippen LogP contribution is -2.49. The van der Waals surface area contributed by atoms with E-state index in [1.807, 2.05) is 76.4 Å². The first-order valence-corrected chi connectivity index (χ1v) is 17.9. The molecule has 0 saturated carbocycles. The zero-order valence-electron chi connectivity index (χ0n) is 28.3. The van der Waals surface area contributed by atoms with E-state index in [1.54, 1.807) is 21.6 Å². The van der Waals surface area contributed by atoms with Crippen molar-refractivity contribution in [1.82, 2.24) is 26.2 Å². The molecule has 246 valence electrons. The van der Waals surface area contributed by atoms with E-state index in [-0.39, 0.29) is 41.0 Å². The highest BCUT2D eigenvalue weighted by Gasteiger charge is 2.45. The smallest absolute Gasteiger partial charge is 0.225 e. The SMILES string of the molecule is CCC(C)(CC(C)(CC(C)C(=O)NC(C)C)C(=O)NCCCN(C)C)C(=O)NCCSSCCNC(=O)CC(C)(C)C. The van der Waals surface area contributed by atoms with E-state index < -0.39 is 10.8 Å². The summed E-state index contributed by atoms with van der Waals surface area (Å²) in [5.74, 6) is 0.968. The normalized spacial score (nSPS) is 15.5. The molecule has 0 aromatic rings. The van der Waals surface area contributed by atoms with Gasteiger partial charge in [-0.15, -0.1) is 0 Å². The second kappa shape index (κ2) is 19.7. The predicted octanol–water partition coefficient (Wildman–Crippen LogP) is 4.47. The molecule has 0 fully saturated rings. The molecule has 0 aliphatic rings. The summed E-state index contributed by atoms with van der Waals surface area (Å²) in [6, 6.07) is 0.0148. The Morgan fingerprint density at radius 3 is 1.81 bits per heavy atom. The average molecular weight is 632 g/mol. The fourth-order valence-electron chi connectivity index (χ4n) is 4.79. The summed E-state index contributed by atoms with van der Waals surface area (Å²) >= 11 is 0. The predicted molar refractivity (Wildman–Crippen MR) is 179 cm³/mol. The fourth-order valence-corrected chi connectivity index (χ4v) is 6.61. The van der Waals surface area contributed by atoms with Crippen LogP contribution in [0.5, 0.6) is 0 Å². The Bertz CT molecular complexity index is 850. The summed E-state index contributed by atoms with van der Waals surface area (Å²) in [6.45, 7) is 20.2. The molecule has 3 atom stereocenters. The van der Waals surface area contributed by atoms with Crippen LogP contribution in [0.1, 0.15) is 94.4 Å². The molecule has 0 spiro atoms. The molecule has 0 aliphatic carbocycles. The van der Waals surface area contributed by atoms with Crippen LogP contribution in [-0.4, -0.2) is 86.4 Å². The van der Waals surface area contributed by atoms with Crippen molar-refractivity contribution in [3.63, 3.8) is 0 Å². The summed E-state index contributed by atoms with van der Waals surface area (Å²) in [4.78, 5) is 53.8. The third-order valence-corrected chi connectivity index (χ3v) is 9.52. The minimum atomic E-state index is -0.893. The number of carbonyl (C=O) groups is 4. The maximum atomic E-state index is 13.6. The van der Waals surface area contributed by atoms with Crippen molar-refractivity contribution in [2.45, 2.75) is 100 Å². The second-order valence-corrected chi connectivity index (χ2v) is 16.5.